The molecule has 0 aliphatic heterocycles. The van der Waals surface area contributed by atoms with Crippen LogP contribution in [0.4, 0.5) is 0 Å². The summed E-state index contributed by atoms with van der Waals surface area (Å²) in [5, 5.41) is 0. The zero-order valence-corrected chi connectivity index (χ0v) is 13.7. The number of carbonyl (C=O) groups excluding carboxylic acids is 1. The number of para-hydroxylation sites is 4. The molecule has 122 valence electrons. The first-order valence-corrected chi connectivity index (χ1v) is 8.05. The maximum atomic E-state index is 13.2. The van der Waals surface area contributed by atoms with Crippen LogP contribution < -0.4 is 4.74 Å². The minimum atomic E-state index is -0.155. The second kappa shape index (κ2) is 6.24. The van der Waals surface area contributed by atoms with Crippen LogP contribution in [-0.4, -0.2) is 15.5 Å². The number of rotatable bonds is 3. The zero-order valence-electron chi connectivity index (χ0n) is 13.7. The summed E-state index contributed by atoms with van der Waals surface area (Å²) in [6, 6.07) is 24.3. The summed E-state index contributed by atoms with van der Waals surface area (Å²) in [4.78, 5) is 17.7. The first-order valence-electron chi connectivity index (χ1n) is 8.05. The Hall–Kier alpha value is -3.40. The molecular formula is C21H16N2O2. The average Bonchev–Trinajstić information content (AvgIpc) is 2.98. The fraction of sp³-hybridized carbons (Fsp3) is 0.0476. The topological polar surface area (TPSA) is 44.1 Å². The van der Waals surface area contributed by atoms with Crippen LogP contribution in [0.2, 0.25) is 0 Å². The molecule has 0 bridgehead atoms. The molecule has 4 heteroatoms. The number of hydrogen-bond donors (Lipinski definition) is 0. The van der Waals surface area contributed by atoms with Crippen LogP contribution in [0, 0.1) is 6.92 Å². The molecule has 25 heavy (non-hydrogen) atoms. The molecule has 0 spiro atoms. The molecule has 0 fully saturated rings. The highest BCUT2D eigenvalue weighted by atomic mass is 16.5. The fourth-order valence-electron chi connectivity index (χ4n) is 2.87. The van der Waals surface area contributed by atoms with Crippen LogP contribution in [0.25, 0.3) is 11.0 Å². The van der Waals surface area contributed by atoms with E-state index in [2.05, 4.69) is 4.98 Å². The molecule has 4 aromatic rings. The van der Waals surface area contributed by atoms with Gasteiger partial charge in [-0.25, -0.2) is 4.98 Å². The van der Waals surface area contributed by atoms with Gasteiger partial charge in [0.15, 0.2) is 0 Å². The van der Waals surface area contributed by atoms with Gasteiger partial charge in [-0.2, -0.15) is 0 Å². The van der Waals surface area contributed by atoms with Crippen molar-refractivity contribution >= 4 is 16.9 Å². The van der Waals surface area contributed by atoms with E-state index < -0.39 is 0 Å². The Balaban J connectivity index is 1.79. The summed E-state index contributed by atoms with van der Waals surface area (Å²) in [6.07, 6.45) is 0. The van der Waals surface area contributed by atoms with Crippen LogP contribution in [0.1, 0.15) is 16.2 Å². The highest BCUT2D eigenvalue weighted by molar-refractivity contribution is 6.03. The van der Waals surface area contributed by atoms with Gasteiger partial charge in [-0.1, -0.05) is 42.5 Å². The summed E-state index contributed by atoms with van der Waals surface area (Å²) >= 11 is 0. The molecule has 0 aliphatic carbocycles. The maximum Gasteiger partial charge on any atom is 0.267 e. The average molecular weight is 328 g/mol. The Kier molecular flexibility index (Phi) is 3.78. The lowest BCUT2D eigenvalue weighted by Crippen LogP contribution is -2.14. The lowest BCUT2D eigenvalue weighted by Gasteiger charge is -2.12. The molecule has 4 rings (SSSR count). The van der Waals surface area contributed by atoms with E-state index in [-0.39, 0.29) is 5.91 Å². The maximum absolute atomic E-state index is 13.2. The predicted molar refractivity (Wildman–Crippen MR) is 97.2 cm³/mol. The smallest absolute Gasteiger partial charge is 0.267 e. The van der Waals surface area contributed by atoms with Gasteiger partial charge in [0.2, 0.25) is 0 Å². The second-order valence-corrected chi connectivity index (χ2v) is 5.70. The van der Waals surface area contributed by atoms with Crippen molar-refractivity contribution in [2.75, 3.05) is 0 Å². The summed E-state index contributed by atoms with van der Waals surface area (Å²) in [5.74, 6) is 1.71. The minimum Gasteiger partial charge on any atom is -0.457 e. The molecule has 0 amide bonds. The predicted octanol–water partition coefficient (Wildman–Crippen LogP) is 4.83. The molecule has 0 atom stereocenters. The van der Waals surface area contributed by atoms with Gasteiger partial charge in [0.05, 0.1) is 16.6 Å². The van der Waals surface area contributed by atoms with E-state index in [0.717, 1.165) is 11.0 Å². The highest BCUT2D eigenvalue weighted by Gasteiger charge is 2.19. The first-order chi connectivity index (χ1) is 12.2. The number of aryl methyl sites for hydroxylation is 1. The molecular weight excluding hydrogens is 312 g/mol. The largest absolute Gasteiger partial charge is 0.457 e. The van der Waals surface area contributed by atoms with E-state index >= 15 is 0 Å². The number of imidazole rings is 1. The third-order valence-corrected chi connectivity index (χ3v) is 4.02. The molecule has 0 radical (unpaired) electrons. The van der Waals surface area contributed by atoms with E-state index in [1.165, 1.54) is 0 Å². The van der Waals surface area contributed by atoms with Crippen molar-refractivity contribution < 1.29 is 9.53 Å². The van der Waals surface area contributed by atoms with Crippen molar-refractivity contribution in [3.05, 3.63) is 90.3 Å². The normalized spacial score (nSPS) is 10.8. The van der Waals surface area contributed by atoms with Gasteiger partial charge >= 0.3 is 0 Å². The van der Waals surface area contributed by atoms with Crippen molar-refractivity contribution in [2.45, 2.75) is 6.92 Å². The van der Waals surface area contributed by atoms with E-state index in [1.54, 1.807) is 16.7 Å². The summed E-state index contributed by atoms with van der Waals surface area (Å²) in [6.45, 7) is 1.83. The van der Waals surface area contributed by atoms with E-state index in [4.69, 9.17) is 4.74 Å². The van der Waals surface area contributed by atoms with Crippen molar-refractivity contribution in [3.63, 3.8) is 0 Å². The van der Waals surface area contributed by atoms with Crippen molar-refractivity contribution in [2.24, 2.45) is 0 Å². The zero-order chi connectivity index (χ0) is 17.2. The second-order valence-electron chi connectivity index (χ2n) is 5.70. The molecule has 0 saturated heterocycles. The van der Waals surface area contributed by atoms with Gasteiger partial charge in [-0.15, -0.1) is 0 Å². The van der Waals surface area contributed by atoms with Crippen LogP contribution >= 0.6 is 0 Å². The molecule has 0 unspecified atom stereocenters. The van der Waals surface area contributed by atoms with Crippen molar-refractivity contribution in [3.8, 4) is 11.5 Å². The molecule has 4 nitrogen and oxygen atoms in total. The standard InChI is InChI=1S/C21H16N2O2/c1-15-22-18-12-6-7-13-19(18)23(15)21(24)17-11-5-8-14-20(17)25-16-9-3-2-4-10-16/h2-14H,1H3. The van der Waals surface area contributed by atoms with E-state index in [1.807, 2.05) is 73.7 Å². The number of carbonyl (C=O) groups is 1. The molecule has 1 heterocycles. The summed E-state index contributed by atoms with van der Waals surface area (Å²) in [7, 11) is 0. The number of benzene rings is 3. The number of nitrogens with zero attached hydrogens (tertiary/aromatic N) is 2. The third kappa shape index (κ3) is 2.78. The molecule has 0 aliphatic rings. The number of fused-ring (bicyclic) bond motifs is 1. The Morgan fingerprint density at radius 1 is 0.880 bits per heavy atom. The highest BCUT2D eigenvalue weighted by Crippen LogP contribution is 2.27. The van der Waals surface area contributed by atoms with Gasteiger partial charge < -0.3 is 4.74 Å². The number of aromatic nitrogens is 2. The van der Waals surface area contributed by atoms with Gasteiger partial charge in [0.1, 0.15) is 17.3 Å². The molecule has 0 saturated carbocycles. The van der Waals surface area contributed by atoms with Gasteiger partial charge in [-0.05, 0) is 43.3 Å². The van der Waals surface area contributed by atoms with Crippen LogP contribution in [0.15, 0.2) is 78.9 Å². The Labute approximate surface area is 145 Å². The minimum absolute atomic E-state index is 0.155. The van der Waals surface area contributed by atoms with E-state index in [0.29, 0.717) is 22.9 Å². The SMILES string of the molecule is Cc1nc2ccccc2n1C(=O)c1ccccc1Oc1ccccc1. The molecule has 3 aromatic carbocycles. The van der Waals surface area contributed by atoms with Crippen molar-refractivity contribution in [1.82, 2.24) is 9.55 Å². The van der Waals surface area contributed by atoms with Crippen molar-refractivity contribution in [1.29, 1.82) is 0 Å². The molecule has 1 aromatic heterocycles. The van der Waals surface area contributed by atoms with Crippen LogP contribution in [-0.2, 0) is 0 Å². The summed E-state index contributed by atoms with van der Waals surface area (Å²) < 4.78 is 7.55. The Morgan fingerprint density at radius 2 is 1.56 bits per heavy atom. The monoisotopic (exact) mass is 328 g/mol. The summed E-state index contributed by atoms with van der Waals surface area (Å²) in [5.41, 5.74) is 2.09. The van der Waals surface area contributed by atoms with Crippen LogP contribution in [0.3, 0.4) is 0 Å². The van der Waals surface area contributed by atoms with Crippen LogP contribution in [0.5, 0.6) is 11.5 Å². The lowest BCUT2D eigenvalue weighted by molar-refractivity contribution is 0.0960. The Morgan fingerprint density at radius 3 is 2.40 bits per heavy atom. The quantitative estimate of drug-likeness (QED) is 0.541. The Bertz CT molecular complexity index is 1050. The molecule has 0 N–H and O–H groups in total. The fourth-order valence-corrected chi connectivity index (χ4v) is 2.87. The van der Waals surface area contributed by atoms with Gasteiger partial charge in [0.25, 0.3) is 5.91 Å². The van der Waals surface area contributed by atoms with Gasteiger partial charge in [0, 0.05) is 0 Å². The van der Waals surface area contributed by atoms with E-state index in [9.17, 15) is 4.79 Å². The number of hydrogen-bond acceptors (Lipinski definition) is 3. The third-order valence-electron chi connectivity index (χ3n) is 4.02. The number of ether oxygens (including phenoxy) is 1. The lowest BCUT2D eigenvalue weighted by atomic mass is 10.1. The first kappa shape index (κ1) is 15.1. The van der Waals surface area contributed by atoms with Gasteiger partial charge in [-0.3, -0.25) is 9.36 Å².